The molecule has 0 aliphatic rings. The molecule has 25 heavy (non-hydrogen) atoms. The van der Waals surface area contributed by atoms with Crippen LogP contribution in [0.15, 0.2) is 42.5 Å². The summed E-state index contributed by atoms with van der Waals surface area (Å²) in [7, 11) is 3.20. The first kappa shape index (κ1) is 17.0. The summed E-state index contributed by atoms with van der Waals surface area (Å²) in [6.45, 7) is 1.88. The van der Waals surface area contributed by atoms with Crippen molar-refractivity contribution < 1.29 is 14.3 Å². The van der Waals surface area contributed by atoms with Crippen LogP contribution in [0.2, 0.25) is 0 Å². The molecule has 0 bridgehead atoms. The van der Waals surface area contributed by atoms with Crippen LogP contribution in [-0.4, -0.2) is 25.2 Å². The van der Waals surface area contributed by atoms with Gasteiger partial charge in [0.1, 0.15) is 11.5 Å². The third-order valence-corrected chi connectivity index (χ3v) is 4.72. The van der Waals surface area contributed by atoms with E-state index in [0.717, 1.165) is 15.8 Å². The van der Waals surface area contributed by atoms with Crippen molar-refractivity contribution in [3.05, 3.63) is 48.0 Å². The lowest BCUT2D eigenvalue weighted by molar-refractivity contribution is 0.249. The Kier molecular flexibility index (Phi) is 5.04. The minimum absolute atomic E-state index is 0.264. The standard InChI is InChI=1S/C18H19N3O3S/c1-11(13-10-12(23-2)8-9-15(13)24-3)19-17(22)21-18-20-14-6-4-5-7-16(14)25-18/h4-11H,1-3H3,(H2,19,20,21,22). The van der Waals surface area contributed by atoms with E-state index in [2.05, 4.69) is 15.6 Å². The number of rotatable bonds is 5. The summed E-state index contributed by atoms with van der Waals surface area (Å²) in [6.07, 6.45) is 0. The summed E-state index contributed by atoms with van der Waals surface area (Å²) in [5, 5.41) is 6.24. The number of urea groups is 1. The van der Waals surface area contributed by atoms with Gasteiger partial charge in [-0.05, 0) is 37.3 Å². The van der Waals surface area contributed by atoms with Gasteiger partial charge in [-0.25, -0.2) is 9.78 Å². The van der Waals surface area contributed by atoms with Crippen molar-refractivity contribution in [2.24, 2.45) is 0 Å². The molecule has 6 nitrogen and oxygen atoms in total. The molecule has 0 saturated heterocycles. The number of nitrogens with zero attached hydrogens (tertiary/aromatic N) is 1. The molecule has 3 rings (SSSR count). The van der Waals surface area contributed by atoms with Crippen LogP contribution in [0.25, 0.3) is 10.2 Å². The topological polar surface area (TPSA) is 72.5 Å². The van der Waals surface area contributed by atoms with Crippen molar-refractivity contribution in [2.75, 3.05) is 19.5 Å². The second kappa shape index (κ2) is 7.40. The number of thiazole rings is 1. The van der Waals surface area contributed by atoms with Crippen molar-refractivity contribution in [1.82, 2.24) is 10.3 Å². The summed E-state index contributed by atoms with van der Waals surface area (Å²) in [5.41, 5.74) is 1.70. The first-order valence-corrected chi connectivity index (χ1v) is 8.57. The van der Waals surface area contributed by atoms with Crippen LogP contribution in [0, 0.1) is 0 Å². The number of nitrogens with one attached hydrogen (secondary N) is 2. The lowest BCUT2D eigenvalue weighted by Gasteiger charge is -2.18. The van der Waals surface area contributed by atoms with Gasteiger partial charge in [0, 0.05) is 5.56 Å². The number of fused-ring (bicyclic) bond motifs is 1. The van der Waals surface area contributed by atoms with Gasteiger partial charge in [-0.15, -0.1) is 0 Å². The number of para-hydroxylation sites is 1. The highest BCUT2D eigenvalue weighted by Gasteiger charge is 2.16. The number of benzene rings is 2. The Hall–Kier alpha value is -2.80. The monoisotopic (exact) mass is 357 g/mol. The fourth-order valence-corrected chi connectivity index (χ4v) is 3.37. The minimum atomic E-state index is -0.323. The maximum Gasteiger partial charge on any atom is 0.321 e. The Labute approximate surface area is 149 Å². The van der Waals surface area contributed by atoms with Gasteiger partial charge in [0.15, 0.2) is 5.13 Å². The molecule has 2 N–H and O–H groups in total. The van der Waals surface area contributed by atoms with Crippen LogP contribution < -0.4 is 20.1 Å². The lowest BCUT2D eigenvalue weighted by Crippen LogP contribution is -2.31. The molecule has 1 atom stereocenters. The summed E-state index contributed by atoms with van der Waals surface area (Å²) < 4.78 is 11.6. The molecule has 2 amide bonds. The van der Waals surface area contributed by atoms with Crippen molar-refractivity contribution in [1.29, 1.82) is 0 Å². The molecule has 130 valence electrons. The average Bonchev–Trinajstić information content (AvgIpc) is 3.02. The van der Waals surface area contributed by atoms with Crippen LogP contribution >= 0.6 is 11.3 Å². The lowest BCUT2D eigenvalue weighted by atomic mass is 10.1. The van der Waals surface area contributed by atoms with Crippen LogP contribution in [0.3, 0.4) is 0 Å². The SMILES string of the molecule is COc1ccc(OC)c(C(C)NC(=O)Nc2nc3ccccc3s2)c1. The maximum absolute atomic E-state index is 12.3. The second-order valence-electron chi connectivity index (χ2n) is 5.41. The fourth-order valence-electron chi connectivity index (χ4n) is 2.51. The molecule has 3 aromatic rings. The molecule has 2 aromatic carbocycles. The zero-order chi connectivity index (χ0) is 17.8. The molecular formula is C18H19N3O3S. The number of carbonyl (C=O) groups excluding carboxylic acids is 1. The van der Waals surface area contributed by atoms with E-state index in [9.17, 15) is 4.79 Å². The first-order valence-electron chi connectivity index (χ1n) is 7.75. The van der Waals surface area contributed by atoms with Crippen molar-refractivity contribution in [2.45, 2.75) is 13.0 Å². The molecule has 0 radical (unpaired) electrons. The molecule has 7 heteroatoms. The molecule has 0 spiro atoms. The van der Waals surface area contributed by atoms with E-state index in [0.29, 0.717) is 16.6 Å². The van der Waals surface area contributed by atoms with Gasteiger partial charge in [0.05, 0.1) is 30.5 Å². The van der Waals surface area contributed by atoms with E-state index in [1.54, 1.807) is 14.2 Å². The van der Waals surface area contributed by atoms with Gasteiger partial charge in [-0.2, -0.15) is 0 Å². The molecule has 0 aliphatic carbocycles. The molecule has 1 unspecified atom stereocenters. The maximum atomic E-state index is 12.3. The summed E-state index contributed by atoms with van der Waals surface area (Å²) in [5.74, 6) is 1.39. The number of anilines is 1. The fraction of sp³-hybridized carbons (Fsp3) is 0.222. The van der Waals surface area contributed by atoms with E-state index in [-0.39, 0.29) is 12.1 Å². The van der Waals surface area contributed by atoms with Crippen molar-refractivity contribution in [3.63, 3.8) is 0 Å². The Balaban J connectivity index is 1.71. The third kappa shape index (κ3) is 3.83. The number of methoxy groups -OCH3 is 2. The number of ether oxygens (including phenoxy) is 2. The van der Waals surface area contributed by atoms with Crippen molar-refractivity contribution >= 4 is 32.7 Å². The molecule has 0 saturated carbocycles. The van der Waals surface area contributed by atoms with Gasteiger partial charge in [0.2, 0.25) is 0 Å². The summed E-state index contributed by atoms with van der Waals surface area (Å²) >= 11 is 1.43. The summed E-state index contributed by atoms with van der Waals surface area (Å²) in [6, 6.07) is 12.6. The number of carbonyl (C=O) groups is 1. The van der Waals surface area contributed by atoms with Crippen LogP contribution in [-0.2, 0) is 0 Å². The molecule has 1 heterocycles. The Morgan fingerprint density at radius 1 is 1.16 bits per heavy atom. The Bertz CT molecular complexity index is 861. The summed E-state index contributed by atoms with van der Waals surface area (Å²) in [4.78, 5) is 16.7. The van der Waals surface area contributed by atoms with Gasteiger partial charge >= 0.3 is 6.03 Å². The second-order valence-corrected chi connectivity index (χ2v) is 6.45. The zero-order valence-electron chi connectivity index (χ0n) is 14.2. The van der Waals surface area contributed by atoms with Crippen LogP contribution in [0.1, 0.15) is 18.5 Å². The van der Waals surface area contributed by atoms with E-state index in [1.807, 2.05) is 49.4 Å². The minimum Gasteiger partial charge on any atom is -0.497 e. The Morgan fingerprint density at radius 2 is 1.96 bits per heavy atom. The molecule has 0 aliphatic heterocycles. The number of amides is 2. The van der Waals surface area contributed by atoms with Gasteiger partial charge in [-0.1, -0.05) is 23.5 Å². The first-order chi connectivity index (χ1) is 12.1. The highest BCUT2D eigenvalue weighted by atomic mass is 32.1. The highest BCUT2D eigenvalue weighted by molar-refractivity contribution is 7.22. The molecular weight excluding hydrogens is 338 g/mol. The van der Waals surface area contributed by atoms with Gasteiger partial charge in [-0.3, -0.25) is 5.32 Å². The largest absolute Gasteiger partial charge is 0.497 e. The van der Waals surface area contributed by atoms with E-state index < -0.39 is 0 Å². The smallest absolute Gasteiger partial charge is 0.321 e. The van der Waals surface area contributed by atoms with Gasteiger partial charge < -0.3 is 14.8 Å². The zero-order valence-corrected chi connectivity index (χ0v) is 15.0. The number of hydrogen-bond acceptors (Lipinski definition) is 5. The molecule has 1 aromatic heterocycles. The third-order valence-electron chi connectivity index (χ3n) is 3.77. The number of aromatic nitrogens is 1. The predicted molar refractivity (Wildman–Crippen MR) is 99.7 cm³/mol. The van der Waals surface area contributed by atoms with Crippen LogP contribution in [0.5, 0.6) is 11.5 Å². The highest BCUT2D eigenvalue weighted by Crippen LogP contribution is 2.29. The van der Waals surface area contributed by atoms with E-state index in [4.69, 9.17) is 9.47 Å². The quantitative estimate of drug-likeness (QED) is 0.718. The normalized spacial score (nSPS) is 11.8. The van der Waals surface area contributed by atoms with E-state index >= 15 is 0 Å². The van der Waals surface area contributed by atoms with E-state index in [1.165, 1.54) is 11.3 Å². The predicted octanol–water partition coefficient (Wildman–Crippen LogP) is 4.20. The van der Waals surface area contributed by atoms with Crippen LogP contribution in [0.4, 0.5) is 9.93 Å². The number of hydrogen-bond donors (Lipinski definition) is 2. The van der Waals surface area contributed by atoms with Gasteiger partial charge in [0.25, 0.3) is 0 Å². The molecule has 0 fully saturated rings. The van der Waals surface area contributed by atoms with Crippen molar-refractivity contribution in [3.8, 4) is 11.5 Å². The average molecular weight is 357 g/mol. The Morgan fingerprint density at radius 3 is 2.68 bits per heavy atom.